The number of hydrogen-bond acceptors (Lipinski definition) is 3. The molecule has 0 bridgehead atoms. The van der Waals surface area contributed by atoms with Gasteiger partial charge in [-0.15, -0.1) is 0 Å². The Labute approximate surface area is 116 Å². The predicted octanol–water partition coefficient (Wildman–Crippen LogP) is 1.70. The minimum Gasteiger partial charge on any atom is -0.378 e. The molecule has 2 N–H and O–H groups in total. The fraction of sp³-hybridized carbons (Fsp3) is 0.933. The van der Waals surface area contributed by atoms with Gasteiger partial charge in [0.1, 0.15) is 0 Å². The molecule has 2 fully saturated rings. The Morgan fingerprint density at radius 3 is 2.74 bits per heavy atom. The summed E-state index contributed by atoms with van der Waals surface area (Å²) in [5.41, 5.74) is 0. The third-order valence-electron chi connectivity index (χ3n) is 4.38. The van der Waals surface area contributed by atoms with Crippen molar-refractivity contribution < 1.29 is 9.53 Å². The molecule has 1 saturated carbocycles. The van der Waals surface area contributed by atoms with E-state index in [0.29, 0.717) is 12.0 Å². The number of nitrogens with one attached hydrogen (secondary N) is 2. The van der Waals surface area contributed by atoms with Crippen LogP contribution in [-0.2, 0) is 9.53 Å². The maximum atomic E-state index is 11.9. The van der Waals surface area contributed by atoms with E-state index in [-0.39, 0.29) is 11.8 Å². The highest BCUT2D eigenvalue weighted by Crippen LogP contribution is 2.20. The summed E-state index contributed by atoms with van der Waals surface area (Å²) in [5.74, 6) is 0.813. The molecule has 4 nitrogen and oxygen atoms in total. The molecule has 4 heteroatoms. The number of ether oxygens (including phenoxy) is 1. The van der Waals surface area contributed by atoms with Crippen LogP contribution in [0.2, 0.25) is 0 Å². The highest BCUT2D eigenvalue weighted by Gasteiger charge is 2.28. The summed E-state index contributed by atoms with van der Waals surface area (Å²) in [5, 5.41) is 6.30. The molecule has 2 rings (SSSR count). The summed E-state index contributed by atoms with van der Waals surface area (Å²) in [6, 6.07) is 0. The Kier molecular flexibility index (Phi) is 6.11. The molecule has 2 aliphatic rings. The van der Waals surface area contributed by atoms with E-state index in [0.717, 1.165) is 32.7 Å². The molecule has 2 atom stereocenters. The van der Waals surface area contributed by atoms with Crippen LogP contribution in [0.15, 0.2) is 0 Å². The van der Waals surface area contributed by atoms with Gasteiger partial charge in [0.2, 0.25) is 5.91 Å². The minimum atomic E-state index is 0.152. The second-order valence-electron chi connectivity index (χ2n) is 6.02. The van der Waals surface area contributed by atoms with Crippen molar-refractivity contribution in [3.63, 3.8) is 0 Å². The van der Waals surface area contributed by atoms with Gasteiger partial charge in [-0.05, 0) is 31.7 Å². The minimum absolute atomic E-state index is 0.152. The number of amides is 1. The lowest BCUT2D eigenvalue weighted by atomic mass is 9.97. The van der Waals surface area contributed by atoms with Gasteiger partial charge in [0.25, 0.3) is 0 Å². The molecule has 0 aromatic carbocycles. The number of carbonyl (C=O) groups is 1. The van der Waals surface area contributed by atoms with E-state index < -0.39 is 0 Å². The van der Waals surface area contributed by atoms with Gasteiger partial charge in [-0.2, -0.15) is 0 Å². The molecule has 19 heavy (non-hydrogen) atoms. The standard InChI is InChI=1S/C15H28N2O2/c1-12-10-16-11-14(12)15(18)17-8-5-9-19-13-6-3-2-4-7-13/h12-14,16H,2-11H2,1H3,(H,17,18)/t12-,14-/m1/s1. The topological polar surface area (TPSA) is 50.4 Å². The Balaban J connectivity index is 1.50. The first-order valence-electron chi connectivity index (χ1n) is 7.87. The van der Waals surface area contributed by atoms with Crippen molar-refractivity contribution in [2.45, 2.75) is 51.6 Å². The van der Waals surface area contributed by atoms with Gasteiger partial charge in [-0.25, -0.2) is 0 Å². The van der Waals surface area contributed by atoms with Gasteiger partial charge in [0, 0.05) is 19.7 Å². The van der Waals surface area contributed by atoms with Crippen LogP contribution in [0.5, 0.6) is 0 Å². The molecular formula is C15H28N2O2. The van der Waals surface area contributed by atoms with Crippen LogP contribution in [0.4, 0.5) is 0 Å². The van der Waals surface area contributed by atoms with Crippen molar-refractivity contribution in [1.82, 2.24) is 10.6 Å². The molecule has 110 valence electrons. The van der Waals surface area contributed by atoms with Gasteiger partial charge < -0.3 is 15.4 Å². The van der Waals surface area contributed by atoms with E-state index >= 15 is 0 Å². The highest BCUT2D eigenvalue weighted by molar-refractivity contribution is 5.79. The average Bonchev–Trinajstić information content (AvgIpc) is 2.86. The van der Waals surface area contributed by atoms with Crippen LogP contribution in [0.1, 0.15) is 45.4 Å². The smallest absolute Gasteiger partial charge is 0.224 e. The summed E-state index contributed by atoms with van der Waals surface area (Å²) in [7, 11) is 0. The molecule has 1 aliphatic heterocycles. The number of carbonyl (C=O) groups excluding carboxylic acids is 1. The van der Waals surface area contributed by atoms with Gasteiger partial charge in [0.05, 0.1) is 12.0 Å². The molecule has 0 aromatic rings. The lowest BCUT2D eigenvalue weighted by Gasteiger charge is -2.22. The summed E-state index contributed by atoms with van der Waals surface area (Å²) < 4.78 is 5.85. The van der Waals surface area contributed by atoms with Crippen molar-refractivity contribution in [3.05, 3.63) is 0 Å². The van der Waals surface area contributed by atoms with Crippen LogP contribution in [0.25, 0.3) is 0 Å². The monoisotopic (exact) mass is 268 g/mol. The van der Waals surface area contributed by atoms with Gasteiger partial charge in [-0.3, -0.25) is 4.79 Å². The number of hydrogen-bond donors (Lipinski definition) is 2. The zero-order valence-electron chi connectivity index (χ0n) is 12.1. The normalized spacial score (nSPS) is 28.5. The van der Waals surface area contributed by atoms with Crippen LogP contribution >= 0.6 is 0 Å². The SMILES string of the molecule is C[C@@H]1CNC[C@H]1C(=O)NCCCOC1CCCCC1. The van der Waals surface area contributed by atoms with E-state index in [4.69, 9.17) is 4.74 Å². The van der Waals surface area contributed by atoms with E-state index in [9.17, 15) is 4.79 Å². The zero-order valence-corrected chi connectivity index (χ0v) is 12.1. The van der Waals surface area contributed by atoms with Crippen molar-refractivity contribution in [2.75, 3.05) is 26.2 Å². The Morgan fingerprint density at radius 2 is 2.05 bits per heavy atom. The maximum Gasteiger partial charge on any atom is 0.224 e. The molecular weight excluding hydrogens is 240 g/mol. The quantitative estimate of drug-likeness (QED) is 0.721. The fourth-order valence-electron chi connectivity index (χ4n) is 3.06. The lowest BCUT2D eigenvalue weighted by Crippen LogP contribution is -2.35. The zero-order chi connectivity index (χ0) is 13.5. The Bertz CT molecular complexity index is 277. The second kappa shape index (κ2) is 7.85. The lowest BCUT2D eigenvalue weighted by molar-refractivity contribution is -0.125. The highest BCUT2D eigenvalue weighted by atomic mass is 16.5. The van der Waals surface area contributed by atoms with Crippen LogP contribution in [0, 0.1) is 11.8 Å². The third kappa shape index (κ3) is 4.77. The van der Waals surface area contributed by atoms with Crippen molar-refractivity contribution >= 4 is 5.91 Å². The molecule has 1 saturated heterocycles. The van der Waals surface area contributed by atoms with Crippen molar-refractivity contribution in [2.24, 2.45) is 11.8 Å². The van der Waals surface area contributed by atoms with Gasteiger partial charge in [-0.1, -0.05) is 26.2 Å². The third-order valence-corrected chi connectivity index (χ3v) is 4.38. The van der Waals surface area contributed by atoms with Crippen LogP contribution in [-0.4, -0.2) is 38.3 Å². The summed E-state index contributed by atoms with van der Waals surface area (Å²) in [4.78, 5) is 11.9. The van der Waals surface area contributed by atoms with Crippen molar-refractivity contribution in [3.8, 4) is 0 Å². The van der Waals surface area contributed by atoms with E-state index in [1.165, 1.54) is 32.1 Å². The van der Waals surface area contributed by atoms with E-state index in [1.54, 1.807) is 0 Å². The molecule has 1 amide bonds. The largest absolute Gasteiger partial charge is 0.378 e. The molecule has 0 unspecified atom stereocenters. The molecule has 1 heterocycles. The van der Waals surface area contributed by atoms with Crippen LogP contribution < -0.4 is 10.6 Å². The van der Waals surface area contributed by atoms with Gasteiger partial charge in [0.15, 0.2) is 0 Å². The van der Waals surface area contributed by atoms with Gasteiger partial charge >= 0.3 is 0 Å². The van der Waals surface area contributed by atoms with E-state index in [1.807, 2.05) is 0 Å². The predicted molar refractivity (Wildman–Crippen MR) is 76.0 cm³/mol. The van der Waals surface area contributed by atoms with Crippen molar-refractivity contribution in [1.29, 1.82) is 0 Å². The summed E-state index contributed by atoms with van der Waals surface area (Å²) in [6.07, 6.45) is 7.83. The number of rotatable bonds is 6. The molecule has 1 aliphatic carbocycles. The fourth-order valence-corrected chi connectivity index (χ4v) is 3.06. The second-order valence-corrected chi connectivity index (χ2v) is 6.02. The Morgan fingerprint density at radius 1 is 1.26 bits per heavy atom. The first kappa shape index (κ1) is 14.8. The summed E-state index contributed by atoms with van der Waals surface area (Å²) in [6.45, 7) is 5.45. The molecule has 0 radical (unpaired) electrons. The van der Waals surface area contributed by atoms with E-state index in [2.05, 4.69) is 17.6 Å². The maximum absolute atomic E-state index is 11.9. The average molecular weight is 268 g/mol. The molecule has 0 spiro atoms. The Hall–Kier alpha value is -0.610. The first-order chi connectivity index (χ1) is 9.27. The first-order valence-corrected chi connectivity index (χ1v) is 7.87. The van der Waals surface area contributed by atoms with Crippen LogP contribution in [0.3, 0.4) is 0 Å². The summed E-state index contributed by atoms with van der Waals surface area (Å²) >= 11 is 0. The molecule has 0 aromatic heterocycles.